The zero-order valence-electron chi connectivity index (χ0n) is 9.57. The second-order valence-electron chi connectivity index (χ2n) is 4.10. The van der Waals surface area contributed by atoms with E-state index in [0.717, 1.165) is 24.6 Å². The molecular formula is C11H12N4O2S. The molecule has 0 radical (unpaired) electrons. The molecule has 0 aliphatic carbocycles. The van der Waals surface area contributed by atoms with E-state index in [1.165, 1.54) is 6.20 Å². The van der Waals surface area contributed by atoms with Gasteiger partial charge in [-0.1, -0.05) is 5.16 Å². The van der Waals surface area contributed by atoms with Gasteiger partial charge in [0.05, 0.1) is 6.20 Å². The predicted molar refractivity (Wildman–Crippen MR) is 66.7 cm³/mol. The minimum Gasteiger partial charge on any atom is -0.351 e. The standard InChI is InChI=1S/C11H12N4O2S/c16-10(9-1-3-13-17-9)14-8-2-5-15(7-8)11-12-4-6-18-11/h1,3-4,6,8H,2,5,7H2,(H,14,16). The molecule has 0 spiro atoms. The van der Waals surface area contributed by atoms with Crippen LogP contribution in [-0.4, -0.2) is 35.2 Å². The second-order valence-corrected chi connectivity index (χ2v) is 4.97. The molecule has 1 aliphatic rings. The molecule has 2 aromatic heterocycles. The highest BCUT2D eigenvalue weighted by molar-refractivity contribution is 7.13. The van der Waals surface area contributed by atoms with E-state index >= 15 is 0 Å². The molecule has 1 amide bonds. The fourth-order valence-corrected chi connectivity index (χ4v) is 2.69. The average molecular weight is 264 g/mol. The lowest BCUT2D eigenvalue weighted by Crippen LogP contribution is -2.36. The van der Waals surface area contributed by atoms with Crippen molar-refractivity contribution in [3.05, 3.63) is 29.6 Å². The van der Waals surface area contributed by atoms with Gasteiger partial charge in [0.1, 0.15) is 0 Å². The Morgan fingerprint density at radius 2 is 2.50 bits per heavy atom. The molecule has 1 saturated heterocycles. The van der Waals surface area contributed by atoms with Crippen LogP contribution >= 0.6 is 11.3 Å². The van der Waals surface area contributed by atoms with Crippen LogP contribution in [-0.2, 0) is 0 Å². The van der Waals surface area contributed by atoms with Gasteiger partial charge in [-0.3, -0.25) is 4.79 Å². The van der Waals surface area contributed by atoms with Crippen LogP contribution < -0.4 is 10.2 Å². The number of nitrogens with one attached hydrogen (secondary N) is 1. The molecule has 1 aliphatic heterocycles. The minimum absolute atomic E-state index is 0.131. The molecule has 3 heterocycles. The molecule has 3 rings (SSSR count). The van der Waals surface area contributed by atoms with E-state index in [-0.39, 0.29) is 17.7 Å². The van der Waals surface area contributed by atoms with Crippen molar-refractivity contribution in [2.75, 3.05) is 18.0 Å². The summed E-state index contributed by atoms with van der Waals surface area (Å²) in [5.41, 5.74) is 0. The molecule has 1 fully saturated rings. The summed E-state index contributed by atoms with van der Waals surface area (Å²) in [6.07, 6.45) is 4.17. The van der Waals surface area contributed by atoms with Crippen LogP contribution in [0.1, 0.15) is 17.0 Å². The van der Waals surface area contributed by atoms with Crippen molar-refractivity contribution in [2.45, 2.75) is 12.5 Å². The quantitative estimate of drug-likeness (QED) is 0.900. The monoisotopic (exact) mass is 264 g/mol. The average Bonchev–Trinajstić information content (AvgIpc) is 3.12. The summed E-state index contributed by atoms with van der Waals surface area (Å²) in [6.45, 7) is 1.70. The van der Waals surface area contributed by atoms with Crippen LogP contribution in [0, 0.1) is 0 Å². The highest BCUT2D eigenvalue weighted by Crippen LogP contribution is 2.22. The molecule has 7 heteroatoms. The first-order valence-corrected chi connectivity index (χ1v) is 6.57. The Morgan fingerprint density at radius 1 is 1.56 bits per heavy atom. The van der Waals surface area contributed by atoms with Gasteiger partial charge >= 0.3 is 0 Å². The Balaban J connectivity index is 1.58. The number of anilines is 1. The molecule has 18 heavy (non-hydrogen) atoms. The van der Waals surface area contributed by atoms with Crippen LogP contribution in [0.2, 0.25) is 0 Å². The van der Waals surface area contributed by atoms with E-state index in [1.54, 1.807) is 23.6 Å². The third-order valence-electron chi connectivity index (χ3n) is 2.87. The maximum absolute atomic E-state index is 11.8. The highest BCUT2D eigenvalue weighted by atomic mass is 32.1. The number of aromatic nitrogens is 2. The smallest absolute Gasteiger partial charge is 0.290 e. The Labute approximate surface area is 108 Å². The lowest BCUT2D eigenvalue weighted by molar-refractivity contribution is 0.0903. The summed E-state index contributed by atoms with van der Waals surface area (Å²) in [5, 5.41) is 9.41. The molecule has 0 saturated carbocycles. The predicted octanol–water partition coefficient (Wildman–Crippen LogP) is 1.14. The largest absolute Gasteiger partial charge is 0.351 e. The van der Waals surface area contributed by atoms with Crippen LogP contribution in [0.25, 0.3) is 0 Å². The van der Waals surface area contributed by atoms with Crippen LogP contribution in [0.4, 0.5) is 5.13 Å². The fraction of sp³-hybridized carbons (Fsp3) is 0.364. The second kappa shape index (κ2) is 4.77. The molecule has 6 nitrogen and oxygen atoms in total. The number of carbonyl (C=O) groups is 1. The van der Waals surface area contributed by atoms with Gasteiger partial charge in [0, 0.05) is 36.8 Å². The number of nitrogens with zero attached hydrogens (tertiary/aromatic N) is 3. The van der Waals surface area contributed by atoms with E-state index in [4.69, 9.17) is 4.52 Å². The molecule has 0 bridgehead atoms. The van der Waals surface area contributed by atoms with E-state index in [0.29, 0.717) is 0 Å². The Bertz CT molecular complexity index is 511. The molecule has 0 aromatic carbocycles. The Morgan fingerprint density at radius 3 is 3.22 bits per heavy atom. The fourth-order valence-electron chi connectivity index (χ4n) is 2.01. The van der Waals surface area contributed by atoms with Crippen molar-refractivity contribution in [1.29, 1.82) is 0 Å². The summed E-state index contributed by atoms with van der Waals surface area (Å²) >= 11 is 1.61. The molecule has 1 atom stereocenters. The first-order chi connectivity index (χ1) is 8.83. The van der Waals surface area contributed by atoms with Gasteiger partial charge in [-0.05, 0) is 6.42 Å². The molecular weight excluding hydrogens is 252 g/mol. The van der Waals surface area contributed by atoms with Gasteiger partial charge in [0.25, 0.3) is 5.91 Å². The lowest BCUT2D eigenvalue weighted by Gasteiger charge is -2.15. The van der Waals surface area contributed by atoms with Gasteiger partial charge < -0.3 is 14.7 Å². The minimum atomic E-state index is -0.210. The number of amides is 1. The zero-order valence-corrected chi connectivity index (χ0v) is 10.4. The van der Waals surface area contributed by atoms with Crippen LogP contribution in [0.5, 0.6) is 0 Å². The third kappa shape index (κ3) is 2.21. The molecule has 1 N–H and O–H groups in total. The first kappa shape index (κ1) is 11.2. The zero-order chi connectivity index (χ0) is 12.4. The Kier molecular flexibility index (Phi) is 2.97. The topological polar surface area (TPSA) is 71.3 Å². The van der Waals surface area contributed by atoms with Crippen molar-refractivity contribution < 1.29 is 9.32 Å². The summed E-state index contributed by atoms with van der Waals surface area (Å²) in [5.74, 6) is 0.0428. The summed E-state index contributed by atoms with van der Waals surface area (Å²) in [4.78, 5) is 18.2. The Hall–Kier alpha value is -1.89. The molecule has 94 valence electrons. The maximum atomic E-state index is 11.8. The number of carbonyl (C=O) groups excluding carboxylic acids is 1. The van der Waals surface area contributed by atoms with Gasteiger partial charge in [-0.25, -0.2) is 4.98 Å². The lowest BCUT2D eigenvalue weighted by atomic mass is 10.2. The number of thiazole rings is 1. The van der Waals surface area contributed by atoms with E-state index in [2.05, 4.69) is 20.4 Å². The van der Waals surface area contributed by atoms with Gasteiger partial charge in [0.15, 0.2) is 5.13 Å². The normalized spacial score (nSPS) is 19.1. The summed E-state index contributed by atoms with van der Waals surface area (Å²) < 4.78 is 4.82. The SMILES string of the molecule is O=C(NC1CCN(c2nccs2)C1)c1ccno1. The number of rotatable bonds is 3. The highest BCUT2D eigenvalue weighted by Gasteiger charge is 2.26. The van der Waals surface area contributed by atoms with E-state index < -0.39 is 0 Å². The van der Waals surface area contributed by atoms with Crippen molar-refractivity contribution in [3.8, 4) is 0 Å². The maximum Gasteiger partial charge on any atom is 0.290 e. The van der Waals surface area contributed by atoms with Crippen molar-refractivity contribution in [3.63, 3.8) is 0 Å². The van der Waals surface area contributed by atoms with Crippen molar-refractivity contribution in [1.82, 2.24) is 15.5 Å². The van der Waals surface area contributed by atoms with Crippen molar-refractivity contribution >= 4 is 22.4 Å². The first-order valence-electron chi connectivity index (χ1n) is 5.69. The summed E-state index contributed by atoms with van der Waals surface area (Å²) in [6, 6.07) is 1.69. The van der Waals surface area contributed by atoms with Gasteiger partial charge in [-0.2, -0.15) is 0 Å². The van der Waals surface area contributed by atoms with Crippen molar-refractivity contribution in [2.24, 2.45) is 0 Å². The van der Waals surface area contributed by atoms with Gasteiger partial charge in [-0.15, -0.1) is 11.3 Å². The summed E-state index contributed by atoms with van der Waals surface area (Å²) in [7, 11) is 0. The van der Waals surface area contributed by atoms with Gasteiger partial charge in [0.2, 0.25) is 5.76 Å². The van der Waals surface area contributed by atoms with E-state index in [1.807, 2.05) is 5.38 Å². The third-order valence-corrected chi connectivity index (χ3v) is 3.71. The number of hydrogen-bond acceptors (Lipinski definition) is 6. The molecule has 1 unspecified atom stereocenters. The van der Waals surface area contributed by atoms with Crippen LogP contribution in [0.3, 0.4) is 0 Å². The van der Waals surface area contributed by atoms with E-state index in [9.17, 15) is 4.79 Å². The molecule has 2 aromatic rings. The number of hydrogen-bond donors (Lipinski definition) is 1. The van der Waals surface area contributed by atoms with Crippen LogP contribution in [0.15, 0.2) is 28.4 Å².